The first-order valence-electron chi connectivity index (χ1n) is 14.4. The van der Waals surface area contributed by atoms with Crippen molar-refractivity contribution in [3.63, 3.8) is 0 Å². The summed E-state index contributed by atoms with van der Waals surface area (Å²) in [5.41, 5.74) is 2.88. The van der Waals surface area contributed by atoms with Crippen molar-refractivity contribution in [3.8, 4) is 40.2 Å². The highest BCUT2D eigenvalue weighted by Crippen LogP contribution is 2.39. The number of rotatable bonds is 14. The number of non-ortho nitro benzene ring substituents is 1. The van der Waals surface area contributed by atoms with Crippen LogP contribution in [-0.2, 0) is 0 Å². The summed E-state index contributed by atoms with van der Waals surface area (Å²) in [6.45, 7) is 0. The summed E-state index contributed by atoms with van der Waals surface area (Å²) in [5, 5.41) is 18.1. The van der Waals surface area contributed by atoms with E-state index in [1.54, 1.807) is 0 Å². The minimum Gasteiger partial charge on any atom is -0.493 e. The molecule has 4 aromatic rings. The van der Waals surface area contributed by atoms with Gasteiger partial charge in [-0.3, -0.25) is 19.7 Å². The molecular weight excluding hydrogens is 656 g/mol. The van der Waals surface area contributed by atoms with Crippen molar-refractivity contribution in [2.75, 3.05) is 48.0 Å². The Morgan fingerprint density at radius 3 is 1.64 bits per heavy atom. The van der Waals surface area contributed by atoms with E-state index in [9.17, 15) is 24.5 Å². The lowest BCUT2D eigenvalue weighted by molar-refractivity contribution is -0.384. The second-order valence-corrected chi connectivity index (χ2v) is 9.93. The molecule has 0 saturated heterocycles. The molecule has 2 amide bonds. The van der Waals surface area contributed by atoms with E-state index >= 15 is 0 Å². The molecule has 0 aliphatic carbocycles. The van der Waals surface area contributed by atoms with E-state index in [0.29, 0.717) is 22.9 Å². The van der Waals surface area contributed by atoms with Crippen LogP contribution in [0.3, 0.4) is 0 Å². The van der Waals surface area contributed by atoms with Gasteiger partial charge in [0.25, 0.3) is 17.5 Å². The predicted molar refractivity (Wildman–Crippen MR) is 180 cm³/mol. The fourth-order valence-electron chi connectivity index (χ4n) is 4.55. The highest BCUT2D eigenvalue weighted by Gasteiger charge is 2.21. The number of nitrogens with zero attached hydrogens (tertiary/aromatic N) is 2. The molecule has 0 fully saturated rings. The SMILES string of the molecule is COc1cc(C(=O)Nc2ccc(C(=O)N/N=C/c3cc([N+](=O)[O-])ccc3OC(=O)c3cc(OC)c(OC)c(OC)c3)cc2)cc(OC)c1OC. The summed E-state index contributed by atoms with van der Waals surface area (Å²) in [4.78, 5) is 49.6. The lowest BCUT2D eigenvalue weighted by Crippen LogP contribution is -2.18. The minimum absolute atomic E-state index is 0.0187. The first-order chi connectivity index (χ1) is 24.1. The number of hydrogen-bond acceptors (Lipinski definition) is 13. The molecule has 0 aliphatic heterocycles. The van der Waals surface area contributed by atoms with Crippen molar-refractivity contribution in [1.29, 1.82) is 0 Å². The molecule has 0 spiro atoms. The molecule has 0 unspecified atom stereocenters. The lowest BCUT2D eigenvalue weighted by atomic mass is 10.1. The number of nitro groups is 1. The zero-order chi connectivity index (χ0) is 36.4. The van der Waals surface area contributed by atoms with Gasteiger partial charge < -0.3 is 38.5 Å². The van der Waals surface area contributed by atoms with E-state index in [0.717, 1.165) is 18.3 Å². The first kappa shape index (κ1) is 36.0. The van der Waals surface area contributed by atoms with Crippen molar-refractivity contribution >= 4 is 35.4 Å². The van der Waals surface area contributed by atoms with Gasteiger partial charge in [0.2, 0.25) is 11.5 Å². The average molecular weight is 689 g/mol. The molecule has 0 heterocycles. The van der Waals surface area contributed by atoms with Crippen LogP contribution in [0.2, 0.25) is 0 Å². The zero-order valence-electron chi connectivity index (χ0n) is 27.7. The van der Waals surface area contributed by atoms with Crippen molar-refractivity contribution < 1.29 is 52.5 Å². The molecule has 0 aliphatic rings. The quantitative estimate of drug-likeness (QED) is 0.0600. The molecule has 16 heteroatoms. The van der Waals surface area contributed by atoms with Crippen LogP contribution < -0.4 is 43.9 Å². The van der Waals surface area contributed by atoms with Crippen LogP contribution in [0.25, 0.3) is 0 Å². The molecule has 0 bridgehead atoms. The van der Waals surface area contributed by atoms with Gasteiger partial charge in [-0.05, 0) is 54.6 Å². The third kappa shape index (κ3) is 8.17. The van der Waals surface area contributed by atoms with Crippen LogP contribution in [-0.4, -0.2) is 71.6 Å². The van der Waals surface area contributed by atoms with E-state index in [2.05, 4.69) is 15.8 Å². The van der Waals surface area contributed by atoms with Crippen molar-refractivity contribution in [1.82, 2.24) is 5.43 Å². The second kappa shape index (κ2) is 16.3. The third-order valence-electron chi connectivity index (χ3n) is 7.01. The van der Waals surface area contributed by atoms with Gasteiger partial charge in [0.15, 0.2) is 23.0 Å². The van der Waals surface area contributed by atoms with Gasteiger partial charge >= 0.3 is 5.97 Å². The lowest BCUT2D eigenvalue weighted by Gasteiger charge is -2.14. The highest BCUT2D eigenvalue weighted by molar-refractivity contribution is 6.05. The van der Waals surface area contributed by atoms with Gasteiger partial charge in [-0.1, -0.05) is 0 Å². The zero-order valence-corrected chi connectivity index (χ0v) is 27.7. The predicted octanol–water partition coefficient (Wildman–Crippen LogP) is 4.88. The number of amides is 2. The number of benzene rings is 4. The maximum atomic E-state index is 13.1. The molecule has 0 atom stereocenters. The Morgan fingerprint density at radius 1 is 0.640 bits per heavy atom. The van der Waals surface area contributed by atoms with E-state index in [1.807, 2.05) is 0 Å². The number of ether oxygens (including phenoxy) is 7. The minimum atomic E-state index is -0.839. The van der Waals surface area contributed by atoms with Crippen LogP contribution >= 0.6 is 0 Å². The number of nitrogens with one attached hydrogen (secondary N) is 2. The maximum Gasteiger partial charge on any atom is 0.343 e. The molecule has 0 radical (unpaired) electrons. The van der Waals surface area contributed by atoms with Crippen LogP contribution in [0.5, 0.6) is 40.2 Å². The standard InChI is InChI=1S/C34H32N4O12/c1-44-26-14-20(15-27(45-2)30(26)48-5)32(39)36-23-9-7-19(8-10-23)33(40)37-35-18-22-13-24(38(42)43)11-12-25(22)50-34(41)21-16-28(46-3)31(49-6)29(17-21)47-4/h7-18H,1-6H3,(H,36,39)(H,37,40)/b35-18+. The molecule has 260 valence electrons. The number of hydrazone groups is 1. The van der Waals surface area contributed by atoms with Crippen LogP contribution in [0, 0.1) is 10.1 Å². The molecule has 4 rings (SSSR count). The van der Waals surface area contributed by atoms with E-state index in [-0.39, 0.29) is 50.9 Å². The Morgan fingerprint density at radius 2 is 1.16 bits per heavy atom. The fraction of sp³-hybridized carbons (Fsp3) is 0.176. The molecule has 4 aromatic carbocycles. The molecular formula is C34H32N4O12. The van der Waals surface area contributed by atoms with Gasteiger partial charge in [0.05, 0.1) is 59.4 Å². The number of carbonyl (C=O) groups excluding carboxylic acids is 3. The topological polar surface area (TPSA) is 195 Å². The van der Waals surface area contributed by atoms with Crippen molar-refractivity contribution in [2.24, 2.45) is 5.10 Å². The van der Waals surface area contributed by atoms with Crippen LogP contribution in [0.4, 0.5) is 11.4 Å². The summed E-state index contributed by atoms with van der Waals surface area (Å²) < 4.78 is 37.2. The van der Waals surface area contributed by atoms with Gasteiger partial charge in [0, 0.05) is 34.5 Å². The molecule has 16 nitrogen and oxygen atoms in total. The third-order valence-corrected chi connectivity index (χ3v) is 7.01. The van der Waals surface area contributed by atoms with Gasteiger partial charge in [-0.2, -0.15) is 5.10 Å². The summed E-state index contributed by atoms with van der Waals surface area (Å²) >= 11 is 0. The van der Waals surface area contributed by atoms with Gasteiger partial charge in [-0.25, -0.2) is 10.2 Å². The van der Waals surface area contributed by atoms with Gasteiger partial charge in [-0.15, -0.1) is 0 Å². The first-order valence-corrected chi connectivity index (χ1v) is 14.4. The van der Waals surface area contributed by atoms with Crippen molar-refractivity contribution in [2.45, 2.75) is 0 Å². The Kier molecular flexibility index (Phi) is 11.8. The molecule has 2 N–H and O–H groups in total. The highest BCUT2D eigenvalue weighted by atomic mass is 16.6. The summed E-state index contributed by atoms with van der Waals surface area (Å²) in [5.74, 6) is -0.397. The number of methoxy groups -OCH3 is 6. The van der Waals surface area contributed by atoms with E-state index in [1.165, 1.54) is 97.3 Å². The second-order valence-electron chi connectivity index (χ2n) is 9.93. The number of hydrogen-bond donors (Lipinski definition) is 2. The van der Waals surface area contributed by atoms with Crippen LogP contribution in [0.15, 0.2) is 71.8 Å². The largest absolute Gasteiger partial charge is 0.493 e. The normalized spacial score (nSPS) is 10.5. The number of anilines is 1. The van der Waals surface area contributed by atoms with Gasteiger partial charge in [0.1, 0.15) is 5.75 Å². The van der Waals surface area contributed by atoms with E-state index < -0.39 is 22.7 Å². The number of nitro benzene ring substituents is 1. The Balaban J connectivity index is 1.48. The Hall–Kier alpha value is -6.84. The Bertz CT molecular complexity index is 1890. The molecule has 0 aromatic heterocycles. The molecule has 0 saturated carbocycles. The summed E-state index contributed by atoms with van der Waals surface area (Å²) in [7, 11) is 8.50. The average Bonchev–Trinajstić information content (AvgIpc) is 3.13. The number of esters is 1. The Labute approximate surface area is 285 Å². The summed E-state index contributed by atoms with van der Waals surface area (Å²) in [6.07, 6.45) is 1.09. The number of carbonyl (C=O) groups is 3. The van der Waals surface area contributed by atoms with Crippen LogP contribution in [0.1, 0.15) is 36.6 Å². The monoisotopic (exact) mass is 688 g/mol. The molecule has 50 heavy (non-hydrogen) atoms. The summed E-state index contributed by atoms with van der Waals surface area (Å²) in [6, 6.07) is 15.2. The fourth-order valence-corrected chi connectivity index (χ4v) is 4.55. The smallest absolute Gasteiger partial charge is 0.343 e. The van der Waals surface area contributed by atoms with Crippen molar-refractivity contribution in [3.05, 3.63) is 99.1 Å². The van der Waals surface area contributed by atoms with E-state index in [4.69, 9.17) is 33.2 Å². The maximum absolute atomic E-state index is 13.1.